The first kappa shape index (κ1) is 20.1. The summed E-state index contributed by atoms with van der Waals surface area (Å²) in [4.78, 5) is 49.9. The van der Waals surface area contributed by atoms with Crippen molar-refractivity contribution in [1.82, 2.24) is 15.8 Å². The van der Waals surface area contributed by atoms with E-state index in [2.05, 4.69) is 10.9 Å². The van der Waals surface area contributed by atoms with Crippen molar-refractivity contribution in [3.63, 3.8) is 0 Å². The third-order valence-corrected chi connectivity index (χ3v) is 4.47. The standard InChI is InChI=1S/C20H21N3O6/c1-13(18(25)21-22-19(26)14-6-3-2-4-7-14)29-20(27)15-10-17(24)23(11-15)12-16-8-5-9-28-16/h2-9,13,15H,10-12H2,1H3,(H,21,25)(H,22,26)/t13-,15+/m1/s1. The van der Waals surface area contributed by atoms with Crippen molar-refractivity contribution in [3.8, 4) is 0 Å². The molecule has 1 fully saturated rings. The average molecular weight is 399 g/mol. The number of esters is 1. The first-order valence-corrected chi connectivity index (χ1v) is 9.10. The Kier molecular flexibility index (Phi) is 6.28. The molecule has 3 rings (SSSR count). The summed E-state index contributed by atoms with van der Waals surface area (Å²) in [7, 11) is 0. The van der Waals surface area contributed by atoms with Gasteiger partial charge in [0.25, 0.3) is 11.8 Å². The van der Waals surface area contributed by atoms with Crippen molar-refractivity contribution < 1.29 is 28.3 Å². The summed E-state index contributed by atoms with van der Waals surface area (Å²) in [5.41, 5.74) is 4.85. The molecular weight excluding hydrogens is 378 g/mol. The van der Waals surface area contributed by atoms with Crippen molar-refractivity contribution >= 4 is 23.7 Å². The van der Waals surface area contributed by atoms with E-state index in [1.165, 1.54) is 18.1 Å². The van der Waals surface area contributed by atoms with Gasteiger partial charge in [0.1, 0.15) is 5.76 Å². The number of ether oxygens (including phenoxy) is 1. The predicted octanol–water partition coefficient (Wildman–Crippen LogP) is 1.02. The van der Waals surface area contributed by atoms with Gasteiger partial charge in [0.15, 0.2) is 6.10 Å². The quantitative estimate of drug-likeness (QED) is 0.553. The van der Waals surface area contributed by atoms with E-state index in [1.54, 1.807) is 42.5 Å². The van der Waals surface area contributed by atoms with Crippen LogP contribution in [0.1, 0.15) is 29.5 Å². The molecule has 0 spiro atoms. The second-order valence-electron chi connectivity index (χ2n) is 6.64. The number of nitrogens with zero attached hydrogens (tertiary/aromatic N) is 1. The van der Waals surface area contributed by atoms with Crippen molar-refractivity contribution in [3.05, 3.63) is 60.1 Å². The van der Waals surface area contributed by atoms with Gasteiger partial charge in [0.2, 0.25) is 5.91 Å². The Bertz CT molecular complexity index is 881. The summed E-state index contributed by atoms with van der Waals surface area (Å²) in [6, 6.07) is 11.8. The lowest BCUT2D eigenvalue weighted by atomic mass is 10.1. The van der Waals surface area contributed by atoms with Crippen molar-refractivity contribution in [2.45, 2.75) is 26.0 Å². The molecule has 1 aromatic carbocycles. The van der Waals surface area contributed by atoms with Gasteiger partial charge in [-0.25, -0.2) is 0 Å². The van der Waals surface area contributed by atoms with Gasteiger partial charge in [0, 0.05) is 18.5 Å². The Balaban J connectivity index is 1.45. The van der Waals surface area contributed by atoms with Crippen LogP contribution in [-0.2, 0) is 25.7 Å². The van der Waals surface area contributed by atoms with Crippen LogP contribution < -0.4 is 10.9 Å². The molecular formula is C20H21N3O6. The normalized spacial score (nSPS) is 16.9. The van der Waals surface area contributed by atoms with Crippen LogP contribution >= 0.6 is 0 Å². The minimum absolute atomic E-state index is 0.0125. The molecule has 0 aliphatic carbocycles. The lowest BCUT2D eigenvalue weighted by Gasteiger charge is -2.17. The summed E-state index contributed by atoms with van der Waals surface area (Å²) in [5, 5.41) is 0. The van der Waals surface area contributed by atoms with E-state index in [0.717, 1.165) is 0 Å². The molecule has 29 heavy (non-hydrogen) atoms. The van der Waals surface area contributed by atoms with E-state index < -0.39 is 29.8 Å². The fraction of sp³-hybridized carbons (Fsp3) is 0.300. The number of furan rings is 1. The molecule has 152 valence electrons. The zero-order valence-electron chi connectivity index (χ0n) is 15.8. The van der Waals surface area contributed by atoms with Crippen LogP contribution in [0.5, 0.6) is 0 Å². The Labute approximate surface area is 167 Å². The lowest BCUT2D eigenvalue weighted by Crippen LogP contribution is -2.47. The highest BCUT2D eigenvalue weighted by Gasteiger charge is 2.36. The number of rotatable bonds is 6. The number of nitrogens with one attached hydrogen (secondary N) is 2. The molecule has 2 N–H and O–H groups in total. The maximum Gasteiger partial charge on any atom is 0.312 e. The number of carbonyl (C=O) groups excluding carboxylic acids is 4. The number of benzene rings is 1. The maximum absolute atomic E-state index is 12.3. The van der Waals surface area contributed by atoms with Gasteiger partial charge in [-0.15, -0.1) is 0 Å². The van der Waals surface area contributed by atoms with Gasteiger partial charge in [-0.2, -0.15) is 0 Å². The van der Waals surface area contributed by atoms with E-state index in [1.807, 2.05) is 0 Å². The molecule has 1 aliphatic rings. The Hall–Kier alpha value is -3.62. The minimum Gasteiger partial charge on any atom is -0.467 e. The monoisotopic (exact) mass is 399 g/mol. The molecule has 2 aromatic rings. The second-order valence-corrected chi connectivity index (χ2v) is 6.64. The van der Waals surface area contributed by atoms with Crippen LogP contribution in [0.25, 0.3) is 0 Å². The maximum atomic E-state index is 12.3. The van der Waals surface area contributed by atoms with Crippen LogP contribution in [0.2, 0.25) is 0 Å². The highest BCUT2D eigenvalue weighted by Crippen LogP contribution is 2.22. The first-order chi connectivity index (χ1) is 13.9. The van der Waals surface area contributed by atoms with Crippen LogP contribution in [0, 0.1) is 5.92 Å². The zero-order chi connectivity index (χ0) is 20.8. The highest BCUT2D eigenvalue weighted by molar-refractivity contribution is 5.96. The van der Waals surface area contributed by atoms with Crippen LogP contribution in [-0.4, -0.2) is 41.2 Å². The van der Waals surface area contributed by atoms with Crippen LogP contribution in [0.3, 0.4) is 0 Å². The number of hydrazine groups is 1. The largest absolute Gasteiger partial charge is 0.467 e. The fourth-order valence-corrected chi connectivity index (χ4v) is 2.88. The van der Waals surface area contributed by atoms with Crippen molar-refractivity contribution in [2.75, 3.05) is 6.54 Å². The first-order valence-electron chi connectivity index (χ1n) is 9.10. The van der Waals surface area contributed by atoms with Crippen molar-refractivity contribution in [2.24, 2.45) is 5.92 Å². The molecule has 3 amide bonds. The summed E-state index contributed by atoms with van der Waals surface area (Å²) < 4.78 is 10.4. The number of likely N-dealkylation sites (tertiary alicyclic amines) is 1. The van der Waals surface area contributed by atoms with Crippen molar-refractivity contribution in [1.29, 1.82) is 0 Å². The average Bonchev–Trinajstić information content (AvgIpc) is 3.36. The molecule has 9 nitrogen and oxygen atoms in total. The Morgan fingerprint density at radius 1 is 1.17 bits per heavy atom. The van der Waals surface area contributed by atoms with Gasteiger partial charge >= 0.3 is 5.97 Å². The molecule has 1 saturated heterocycles. The fourth-order valence-electron chi connectivity index (χ4n) is 2.88. The topological polar surface area (TPSA) is 118 Å². The highest BCUT2D eigenvalue weighted by atomic mass is 16.5. The summed E-state index contributed by atoms with van der Waals surface area (Å²) in [5.74, 6) is -2.04. The molecule has 2 atom stereocenters. The van der Waals surface area contributed by atoms with E-state index in [-0.39, 0.29) is 25.4 Å². The summed E-state index contributed by atoms with van der Waals surface area (Å²) >= 11 is 0. The molecule has 0 unspecified atom stereocenters. The predicted molar refractivity (Wildman–Crippen MR) is 99.8 cm³/mol. The summed E-state index contributed by atoms with van der Waals surface area (Å²) in [6.45, 7) is 1.86. The van der Waals surface area contributed by atoms with E-state index in [0.29, 0.717) is 11.3 Å². The number of hydrogen-bond acceptors (Lipinski definition) is 6. The lowest BCUT2D eigenvalue weighted by molar-refractivity contribution is -0.158. The molecule has 1 aromatic heterocycles. The summed E-state index contributed by atoms with van der Waals surface area (Å²) in [6.07, 6.45) is 0.393. The number of amides is 3. The number of hydrogen-bond donors (Lipinski definition) is 2. The van der Waals surface area contributed by atoms with Gasteiger partial charge in [-0.3, -0.25) is 30.0 Å². The van der Waals surface area contributed by atoms with E-state index in [9.17, 15) is 19.2 Å². The Morgan fingerprint density at radius 2 is 1.93 bits per heavy atom. The third kappa shape index (κ3) is 5.22. The molecule has 0 radical (unpaired) electrons. The SMILES string of the molecule is C[C@@H](OC(=O)[C@H]1CC(=O)N(Cc2ccco2)C1)C(=O)NNC(=O)c1ccccc1. The van der Waals surface area contributed by atoms with Gasteiger partial charge in [-0.1, -0.05) is 18.2 Å². The third-order valence-electron chi connectivity index (χ3n) is 4.47. The Morgan fingerprint density at radius 3 is 2.62 bits per heavy atom. The van der Waals surface area contributed by atoms with Crippen LogP contribution in [0.15, 0.2) is 53.1 Å². The van der Waals surface area contributed by atoms with Crippen LogP contribution in [0.4, 0.5) is 0 Å². The smallest absolute Gasteiger partial charge is 0.312 e. The molecule has 0 bridgehead atoms. The molecule has 0 saturated carbocycles. The van der Waals surface area contributed by atoms with Gasteiger partial charge in [-0.05, 0) is 31.2 Å². The minimum atomic E-state index is -1.13. The van der Waals surface area contributed by atoms with E-state index in [4.69, 9.17) is 9.15 Å². The number of carbonyl (C=O) groups is 4. The van der Waals surface area contributed by atoms with Gasteiger partial charge < -0.3 is 14.1 Å². The molecule has 9 heteroatoms. The molecule has 1 aliphatic heterocycles. The van der Waals surface area contributed by atoms with Gasteiger partial charge in [0.05, 0.1) is 18.7 Å². The second kappa shape index (κ2) is 9.05. The van der Waals surface area contributed by atoms with E-state index >= 15 is 0 Å². The zero-order valence-corrected chi connectivity index (χ0v) is 15.8. The molecule has 2 heterocycles.